The lowest BCUT2D eigenvalue weighted by Crippen LogP contribution is -2.42. The third kappa shape index (κ3) is 4.41. The van der Waals surface area contributed by atoms with Gasteiger partial charge in [0.1, 0.15) is 29.3 Å². The minimum absolute atomic E-state index is 0.00600. The minimum atomic E-state index is -0.434. The number of carbonyl (C=O) groups excluding carboxylic acids is 1. The molecule has 0 aliphatic carbocycles. The first kappa shape index (κ1) is 21.8. The van der Waals surface area contributed by atoms with Crippen LogP contribution in [0.15, 0.2) is 60.9 Å². The van der Waals surface area contributed by atoms with Crippen molar-refractivity contribution in [2.24, 2.45) is 0 Å². The predicted molar refractivity (Wildman–Crippen MR) is 126 cm³/mol. The van der Waals surface area contributed by atoms with E-state index in [9.17, 15) is 4.79 Å². The molecule has 4 aromatic rings. The summed E-state index contributed by atoms with van der Waals surface area (Å²) in [5, 5.41) is 14.5. The Morgan fingerprint density at radius 1 is 1.12 bits per heavy atom. The molecule has 0 radical (unpaired) electrons. The van der Waals surface area contributed by atoms with Crippen LogP contribution in [-0.4, -0.2) is 55.4 Å². The van der Waals surface area contributed by atoms with Crippen LogP contribution < -0.4 is 16.0 Å². The van der Waals surface area contributed by atoms with Crippen molar-refractivity contribution in [3.8, 4) is 22.8 Å². The highest BCUT2D eigenvalue weighted by atomic mass is 16.5. The number of likely N-dealkylation sites (tertiary alicyclic amines) is 1. The fraction of sp³-hybridized carbons (Fsp3) is 0.250. The van der Waals surface area contributed by atoms with E-state index in [-0.39, 0.29) is 12.6 Å². The van der Waals surface area contributed by atoms with Crippen molar-refractivity contribution in [1.82, 2.24) is 30.1 Å². The molecule has 1 aliphatic heterocycles. The van der Waals surface area contributed by atoms with Gasteiger partial charge < -0.3 is 10.5 Å². The van der Waals surface area contributed by atoms with E-state index in [1.54, 1.807) is 5.48 Å². The Kier molecular flexibility index (Phi) is 6.07. The van der Waals surface area contributed by atoms with Crippen LogP contribution in [-0.2, 0) is 4.79 Å². The molecule has 0 unspecified atom stereocenters. The van der Waals surface area contributed by atoms with Crippen LogP contribution >= 0.6 is 0 Å². The van der Waals surface area contributed by atoms with Gasteiger partial charge in [0, 0.05) is 12.1 Å². The Labute approximate surface area is 195 Å². The first-order valence-electron chi connectivity index (χ1n) is 11.1. The van der Waals surface area contributed by atoms with Gasteiger partial charge in [0.25, 0.3) is 5.91 Å². The van der Waals surface area contributed by atoms with Crippen molar-refractivity contribution in [2.75, 3.05) is 25.4 Å². The quantitative estimate of drug-likeness (QED) is 0.296. The zero-order valence-corrected chi connectivity index (χ0v) is 18.5. The number of amides is 1. The molecule has 1 atom stereocenters. The number of nitrogens with one attached hydrogen (secondary N) is 1. The summed E-state index contributed by atoms with van der Waals surface area (Å²) in [6.45, 7) is 1.51. The fourth-order valence-electron chi connectivity index (χ4n) is 4.37. The molecule has 0 spiro atoms. The number of para-hydroxylation sites is 1. The Morgan fingerprint density at radius 2 is 1.88 bits per heavy atom. The van der Waals surface area contributed by atoms with Crippen molar-refractivity contribution >= 4 is 22.8 Å². The van der Waals surface area contributed by atoms with Gasteiger partial charge in [-0.05, 0) is 55.8 Å². The minimum Gasteiger partial charge on any atom is -0.457 e. The molecule has 1 amide bonds. The normalized spacial score (nSPS) is 16.4. The monoisotopic (exact) mass is 459 g/mol. The lowest BCUT2D eigenvalue weighted by atomic mass is 10.1. The lowest BCUT2D eigenvalue weighted by molar-refractivity contribution is -0.130. The van der Waals surface area contributed by atoms with Gasteiger partial charge >= 0.3 is 0 Å². The molecular formula is C24H25N7O3. The highest BCUT2D eigenvalue weighted by molar-refractivity contribution is 5.98. The molecule has 10 heteroatoms. The van der Waals surface area contributed by atoms with Crippen molar-refractivity contribution in [3.63, 3.8) is 0 Å². The molecule has 10 nitrogen and oxygen atoms in total. The summed E-state index contributed by atoms with van der Waals surface area (Å²) in [6, 6.07) is 17.3. The number of carbonyl (C=O) groups is 1. The van der Waals surface area contributed by atoms with Crippen LogP contribution in [0.2, 0.25) is 0 Å². The van der Waals surface area contributed by atoms with Crippen molar-refractivity contribution in [1.29, 1.82) is 0 Å². The summed E-state index contributed by atoms with van der Waals surface area (Å²) in [6.07, 6.45) is 3.23. The largest absolute Gasteiger partial charge is 0.457 e. The zero-order chi connectivity index (χ0) is 23.5. The van der Waals surface area contributed by atoms with Gasteiger partial charge in [-0.3, -0.25) is 14.9 Å². The van der Waals surface area contributed by atoms with Crippen LogP contribution in [0.1, 0.15) is 18.9 Å². The van der Waals surface area contributed by atoms with Gasteiger partial charge in [0.15, 0.2) is 5.65 Å². The topological polar surface area (TPSA) is 131 Å². The number of piperidine rings is 1. The van der Waals surface area contributed by atoms with Gasteiger partial charge in [0.2, 0.25) is 0 Å². The number of nitrogens with two attached hydrogens (primary N) is 1. The molecule has 1 saturated heterocycles. The smallest absolute Gasteiger partial charge is 0.257 e. The maximum Gasteiger partial charge on any atom is 0.257 e. The summed E-state index contributed by atoms with van der Waals surface area (Å²) < 4.78 is 7.79. The van der Waals surface area contributed by atoms with Crippen LogP contribution in [0.25, 0.3) is 22.3 Å². The van der Waals surface area contributed by atoms with E-state index >= 15 is 0 Å². The van der Waals surface area contributed by atoms with Crippen molar-refractivity contribution in [3.05, 3.63) is 60.9 Å². The van der Waals surface area contributed by atoms with E-state index < -0.39 is 5.91 Å². The Bertz CT molecular complexity index is 1290. The number of hydrogen-bond acceptors (Lipinski definition) is 8. The van der Waals surface area contributed by atoms with E-state index in [1.807, 2.05) is 64.2 Å². The first-order valence-corrected chi connectivity index (χ1v) is 11.1. The summed E-state index contributed by atoms with van der Waals surface area (Å²) in [5.41, 5.74) is 10.2. The third-order valence-electron chi connectivity index (χ3n) is 5.94. The Balaban J connectivity index is 1.46. The molecule has 174 valence electrons. The maximum atomic E-state index is 11.6. The summed E-state index contributed by atoms with van der Waals surface area (Å²) in [7, 11) is 0. The standard InChI is InChI=1S/C24H25N7O3/c25-23-21-22(16-8-10-19(11-9-16)34-18-6-2-1-3-7-18)28-31(24(21)27-15-26-23)17-5-4-12-30(13-17)14-20(32)29-33/h1-3,6-11,15,17,33H,4-5,12-14H2,(H,29,32)(H2,25,26,27)/t17-/m1/s1. The number of nitrogen functional groups attached to an aromatic ring is 1. The highest BCUT2D eigenvalue weighted by Gasteiger charge is 2.27. The van der Waals surface area contributed by atoms with E-state index in [2.05, 4.69) is 9.97 Å². The number of nitrogens with zero attached hydrogens (tertiary/aromatic N) is 5. The molecule has 34 heavy (non-hydrogen) atoms. The molecule has 0 saturated carbocycles. The molecule has 4 N–H and O–H groups in total. The van der Waals surface area contributed by atoms with Gasteiger partial charge in [-0.1, -0.05) is 18.2 Å². The van der Waals surface area contributed by atoms with Gasteiger partial charge in [0.05, 0.1) is 18.0 Å². The average molecular weight is 460 g/mol. The van der Waals surface area contributed by atoms with E-state index in [1.165, 1.54) is 6.33 Å². The fourth-order valence-corrected chi connectivity index (χ4v) is 4.37. The van der Waals surface area contributed by atoms with E-state index in [0.717, 1.165) is 30.7 Å². The van der Waals surface area contributed by atoms with Crippen molar-refractivity contribution in [2.45, 2.75) is 18.9 Å². The number of ether oxygens (including phenoxy) is 1. The molecule has 2 aromatic carbocycles. The second-order valence-corrected chi connectivity index (χ2v) is 8.26. The Hall–Kier alpha value is -4.02. The van der Waals surface area contributed by atoms with Gasteiger partial charge in [-0.25, -0.2) is 20.1 Å². The van der Waals surface area contributed by atoms with Crippen LogP contribution in [0.3, 0.4) is 0 Å². The number of anilines is 1. The highest BCUT2D eigenvalue weighted by Crippen LogP contribution is 2.34. The molecule has 2 aromatic heterocycles. The Morgan fingerprint density at radius 3 is 2.65 bits per heavy atom. The zero-order valence-electron chi connectivity index (χ0n) is 18.5. The molecular weight excluding hydrogens is 434 g/mol. The second-order valence-electron chi connectivity index (χ2n) is 8.26. The molecule has 0 bridgehead atoms. The SMILES string of the molecule is Nc1ncnc2c1c(-c1ccc(Oc3ccccc3)cc1)nn2[C@@H]1CCCN(CC(=O)NO)C1. The molecule has 3 heterocycles. The number of aromatic nitrogens is 4. The number of hydroxylamine groups is 1. The van der Waals surface area contributed by atoms with Crippen LogP contribution in [0.4, 0.5) is 5.82 Å². The number of fused-ring (bicyclic) bond motifs is 1. The summed E-state index contributed by atoms with van der Waals surface area (Å²) in [5.74, 6) is 1.41. The van der Waals surface area contributed by atoms with E-state index in [0.29, 0.717) is 34.8 Å². The second kappa shape index (κ2) is 9.46. The number of benzene rings is 2. The van der Waals surface area contributed by atoms with Crippen LogP contribution in [0, 0.1) is 0 Å². The maximum absolute atomic E-state index is 11.6. The third-order valence-corrected chi connectivity index (χ3v) is 5.94. The van der Waals surface area contributed by atoms with Gasteiger partial charge in [-0.15, -0.1) is 0 Å². The number of hydrogen-bond donors (Lipinski definition) is 3. The van der Waals surface area contributed by atoms with Crippen LogP contribution in [0.5, 0.6) is 11.5 Å². The average Bonchev–Trinajstić information content (AvgIpc) is 3.26. The van der Waals surface area contributed by atoms with Crippen molar-refractivity contribution < 1.29 is 14.7 Å². The summed E-state index contributed by atoms with van der Waals surface area (Å²) in [4.78, 5) is 22.3. The predicted octanol–water partition coefficient (Wildman–Crippen LogP) is 3.01. The van der Waals surface area contributed by atoms with E-state index in [4.69, 9.17) is 20.8 Å². The molecule has 5 rings (SSSR count). The molecule has 1 aliphatic rings. The molecule has 1 fully saturated rings. The first-order chi connectivity index (χ1) is 16.6. The van der Waals surface area contributed by atoms with Gasteiger partial charge in [-0.2, -0.15) is 5.10 Å². The number of rotatable bonds is 6. The lowest BCUT2D eigenvalue weighted by Gasteiger charge is -2.32. The summed E-state index contributed by atoms with van der Waals surface area (Å²) >= 11 is 0.